The van der Waals surface area contributed by atoms with Crippen LogP contribution in [0.25, 0.3) is 10.6 Å². The maximum atomic E-state index is 13.1. The van der Waals surface area contributed by atoms with Gasteiger partial charge in [0.15, 0.2) is 0 Å². The Bertz CT molecular complexity index is 1470. The zero-order valence-electron chi connectivity index (χ0n) is 18.3. The zero-order valence-corrected chi connectivity index (χ0v) is 19.9. The average molecular weight is 542 g/mol. The van der Waals surface area contributed by atoms with Crippen molar-refractivity contribution < 1.29 is 40.8 Å². The topological polar surface area (TPSA) is 130 Å². The molecule has 1 aliphatic carbocycles. The molecule has 9 nitrogen and oxygen atoms in total. The number of carbonyl (C=O) groups excluding carboxylic acids is 1. The van der Waals surface area contributed by atoms with Crippen molar-refractivity contribution in [2.45, 2.75) is 41.1 Å². The number of amides is 1. The molecule has 3 heterocycles. The standard InChI is InChI=1S/C22H18F3N3O6S2/c23-22(24,25)17-10-15(26-34-17)16-6-7-19(35-16)36(32,33)27-21(20(30)31)11-14(21)12-3-1-4-13(9-12)28-8-2-5-18(28)29/h1,3-4,6-7,9-10,14,27H,2,5,8,11H2,(H,30,31)/t14-,21+/m0/s1. The van der Waals surface area contributed by atoms with Gasteiger partial charge >= 0.3 is 12.1 Å². The fourth-order valence-corrected chi connectivity index (χ4v) is 6.97. The van der Waals surface area contributed by atoms with Gasteiger partial charge in [-0.15, -0.1) is 11.3 Å². The lowest BCUT2D eigenvalue weighted by molar-refractivity contribution is -0.155. The van der Waals surface area contributed by atoms with E-state index in [2.05, 4.69) is 14.4 Å². The van der Waals surface area contributed by atoms with Gasteiger partial charge in [0.1, 0.15) is 15.4 Å². The average Bonchev–Trinajstić information content (AvgIpc) is 3.26. The molecule has 2 N–H and O–H groups in total. The van der Waals surface area contributed by atoms with E-state index >= 15 is 0 Å². The maximum Gasteiger partial charge on any atom is 0.452 e. The number of sulfonamides is 1. The minimum absolute atomic E-state index is 0.00454. The molecular weight excluding hydrogens is 523 g/mol. The minimum atomic E-state index is -4.74. The number of nitrogens with zero attached hydrogens (tertiary/aromatic N) is 2. The lowest BCUT2D eigenvalue weighted by Crippen LogP contribution is -2.44. The number of carbonyl (C=O) groups is 2. The first kappa shape index (κ1) is 24.5. The van der Waals surface area contributed by atoms with Crippen LogP contribution >= 0.6 is 11.3 Å². The van der Waals surface area contributed by atoms with Crippen LogP contribution in [0.4, 0.5) is 18.9 Å². The number of anilines is 1. The molecule has 1 saturated carbocycles. The molecule has 0 spiro atoms. The maximum absolute atomic E-state index is 13.1. The van der Waals surface area contributed by atoms with E-state index in [1.807, 2.05) is 0 Å². The lowest BCUT2D eigenvalue weighted by Gasteiger charge is -2.18. The third kappa shape index (κ3) is 4.29. The second-order valence-electron chi connectivity index (χ2n) is 8.58. The number of nitrogens with one attached hydrogen (secondary N) is 1. The predicted octanol–water partition coefficient (Wildman–Crippen LogP) is 3.84. The number of alkyl halides is 3. The van der Waals surface area contributed by atoms with Crippen molar-refractivity contribution in [3.05, 3.63) is 53.8 Å². The van der Waals surface area contributed by atoms with Crippen LogP contribution in [0, 0.1) is 0 Å². The van der Waals surface area contributed by atoms with Crippen LogP contribution in [0.1, 0.15) is 36.5 Å². The molecule has 190 valence electrons. The zero-order chi connectivity index (χ0) is 25.9. The highest BCUT2D eigenvalue weighted by atomic mass is 32.2. The van der Waals surface area contributed by atoms with Gasteiger partial charge in [-0.1, -0.05) is 17.3 Å². The summed E-state index contributed by atoms with van der Waals surface area (Å²) in [6, 6.07) is 9.89. The molecule has 5 rings (SSSR count). The van der Waals surface area contributed by atoms with Crippen molar-refractivity contribution in [3.8, 4) is 10.6 Å². The number of carboxylic acid groups (broad SMARTS) is 1. The molecule has 1 amide bonds. The molecule has 1 saturated heterocycles. The van der Waals surface area contributed by atoms with Crippen molar-refractivity contribution >= 4 is 38.9 Å². The summed E-state index contributed by atoms with van der Waals surface area (Å²) in [5.41, 5.74) is -0.794. The number of halogens is 3. The molecule has 2 aromatic heterocycles. The molecule has 2 atom stereocenters. The molecule has 0 radical (unpaired) electrons. The Kier molecular flexibility index (Phi) is 5.72. The summed E-state index contributed by atoms with van der Waals surface area (Å²) < 4.78 is 70.7. The predicted molar refractivity (Wildman–Crippen MR) is 121 cm³/mol. The third-order valence-corrected chi connectivity index (χ3v) is 9.31. The monoisotopic (exact) mass is 541 g/mol. The number of aliphatic carboxylic acids is 1. The van der Waals surface area contributed by atoms with Gasteiger partial charge in [0.05, 0.1) is 4.88 Å². The molecule has 36 heavy (non-hydrogen) atoms. The first-order chi connectivity index (χ1) is 16.9. The molecule has 1 aliphatic heterocycles. The van der Waals surface area contributed by atoms with Crippen LogP contribution in [-0.4, -0.2) is 42.6 Å². The van der Waals surface area contributed by atoms with E-state index in [0.29, 0.717) is 41.6 Å². The number of hydrogen-bond acceptors (Lipinski definition) is 7. The van der Waals surface area contributed by atoms with Crippen molar-refractivity contribution in [1.82, 2.24) is 9.88 Å². The number of benzene rings is 1. The van der Waals surface area contributed by atoms with Gasteiger partial charge in [-0.25, -0.2) is 8.42 Å². The highest BCUT2D eigenvalue weighted by molar-refractivity contribution is 7.91. The SMILES string of the molecule is O=C1CCCN1c1cccc([C@@H]2C[C@]2(NS(=O)(=O)c2ccc(-c3cc(C(F)(F)F)on3)s2)C(=O)O)c1. The summed E-state index contributed by atoms with van der Waals surface area (Å²) in [5.74, 6) is -3.39. The molecule has 2 aliphatic rings. The molecule has 0 unspecified atom stereocenters. The van der Waals surface area contributed by atoms with Crippen molar-refractivity contribution in [2.24, 2.45) is 0 Å². The Balaban J connectivity index is 1.38. The fourth-order valence-electron chi connectivity index (χ4n) is 4.31. The van der Waals surface area contributed by atoms with Crippen LogP contribution in [-0.2, 0) is 25.8 Å². The van der Waals surface area contributed by atoms with Gasteiger partial charge in [0, 0.05) is 30.6 Å². The number of thiophene rings is 1. The highest BCUT2D eigenvalue weighted by Crippen LogP contribution is 2.53. The van der Waals surface area contributed by atoms with Crippen molar-refractivity contribution in [3.63, 3.8) is 0 Å². The highest BCUT2D eigenvalue weighted by Gasteiger charge is 2.63. The quantitative estimate of drug-likeness (QED) is 0.465. The Labute approximate surface area is 206 Å². The molecule has 3 aromatic rings. The van der Waals surface area contributed by atoms with E-state index in [4.69, 9.17) is 0 Å². The first-order valence-electron chi connectivity index (χ1n) is 10.7. The minimum Gasteiger partial charge on any atom is -0.480 e. The van der Waals surface area contributed by atoms with Gasteiger partial charge in [0.25, 0.3) is 10.0 Å². The van der Waals surface area contributed by atoms with Crippen LogP contribution < -0.4 is 9.62 Å². The second-order valence-corrected chi connectivity index (χ2v) is 11.6. The number of carboxylic acids is 1. The van der Waals surface area contributed by atoms with E-state index in [1.165, 1.54) is 6.07 Å². The molecule has 14 heteroatoms. The lowest BCUT2D eigenvalue weighted by atomic mass is 10.1. The van der Waals surface area contributed by atoms with Gasteiger partial charge in [-0.2, -0.15) is 17.9 Å². The summed E-state index contributed by atoms with van der Waals surface area (Å²) >= 11 is 0.636. The van der Waals surface area contributed by atoms with Crippen LogP contribution in [0.3, 0.4) is 0 Å². The van der Waals surface area contributed by atoms with Gasteiger partial charge < -0.3 is 14.5 Å². The number of hydrogen-bond donors (Lipinski definition) is 2. The molecule has 0 bridgehead atoms. The van der Waals surface area contributed by atoms with Crippen LogP contribution in [0.2, 0.25) is 0 Å². The summed E-state index contributed by atoms with van der Waals surface area (Å²) in [6.45, 7) is 0.556. The Morgan fingerprint density at radius 1 is 1.25 bits per heavy atom. The number of aromatic nitrogens is 1. The second kappa shape index (κ2) is 8.42. The summed E-state index contributed by atoms with van der Waals surface area (Å²) in [4.78, 5) is 26.0. The normalized spacial score (nSPS) is 22.2. The van der Waals surface area contributed by atoms with Gasteiger partial charge in [0.2, 0.25) is 11.7 Å². The van der Waals surface area contributed by atoms with E-state index in [9.17, 15) is 36.3 Å². The van der Waals surface area contributed by atoms with Crippen LogP contribution in [0.5, 0.6) is 0 Å². The fraction of sp³-hybridized carbons (Fsp3) is 0.318. The Morgan fingerprint density at radius 2 is 2.03 bits per heavy atom. The van der Waals surface area contributed by atoms with Crippen LogP contribution in [0.15, 0.2) is 51.2 Å². The molecule has 1 aromatic carbocycles. The van der Waals surface area contributed by atoms with E-state index in [-0.39, 0.29) is 27.1 Å². The molecular formula is C22H18F3N3O6S2. The van der Waals surface area contributed by atoms with E-state index in [1.54, 1.807) is 29.2 Å². The van der Waals surface area contributed by atoms with Gasteiger partial charge in [-0.3, -0.25) is 9.59 Å². The summed E-state index contributed by atoms with van der Waals surface area (Å²) in [5, 5.41) is 13.3. The van der Waals surface area contributed by atoms with E-state index < -0.39 is 39.4 Å². The smallest absolute Gasteiger partial charge is 0.452 e. The largest absolute Gasteiger partial charge is 0.480 e. The van der Waals surface area contributed by atoms with Gasteiger partial charge in [-0.05, 0) is 42.7 Å². The molecule has 2 fully saturated rings. The number of rotatable bonds is 7. The summed E-state index contributed by atoms with van der Waals surface area (Å²) in [7, 11) is -4.34. The van der Waals surface area contributed by atoms with Crippen molar-refractivity contribution in [2.75, 3.05) is 11.4 Å². The third-order valence-electron chi connectivity index (χ3n) is 6.20. The Morgan fingerprint density at radius 3 is 2.67 bits per heavy atom. The van der Waals surface area contributed by atoms with E-state index in [0.717, 1.165) is 12.5 Å². The van der Waals surface area contributed by atoms with Crippen molar-refractivity contribution in [1.29, 1.82) is 0 Å². The Hall–Kier alpha value is -3.23. The summed E-state index contributed by atoms with van der Waals surface area (Å²) in [6.07, 6.45) is -3.59. The first-order valence-corrected chi connectivity index (χ1v) is 13.0.